The minimum absolute atomic E-state index is 0.0279. The van der Waals surface area contributed by atoms with Crippen molar-refractivity contribution in [3.8, 4) is 0 Å². The summed E-state index contributed by atoms with van der Waals surface area (Å²) in [7, 11) is -2.60. The molecule has 0 unspecified atom stereocenters. The summed E-state index contributed by atoms with van der Waals surface area (Å²) < 4.78 is 85.6. The molecule has 3 aliphatic heterocycles. The Hall–Kier alpha value is -6.75. The lowest BCUT2D eigenvalue weighted by molar-refractivity contribution is -0.219. The zero-order valence-corrected chi connectivity index (χ0v) is 52.3. The first-order valence-electron chi connectivity index (χ1n) is 30.4. The largest absolute Gasteiger partial charge is 0.455 e. The van der Waals surface area contributed by atoms with E-state index in [0.717, 1.165) is 11.1 Å². The lowest BCUT2D eigenvalue weighted by atomic mass is 10.1. The molecule has 0 radical (unpaired) electrons. The fourth-order valence-corrected chi connectivity index (χ4v) is 17.1. The first kappa shape index (κ1) is 67.2. The molecule has 0 bridgehead atoms. The van der Waals surface area contributed by atoms with Crippen molar-refractivity contribution in [1.82, 2.24) is 0 Å². The molecule has 18 nitrogen and oxygen atoms in total. The third-order valence-electron chi connectivity index (χ3n) is 16.0. The van der Waals surface area contributed by atoms with Crippen molar-refractivity contribution < 1.29 is 85.2 Å². The Labute approximate surface area is 517 Å². The van der Waals surface area contributed by atoms with Gasteiger partial charge in [-0.15, -0.1) is 6.58 Å². The molecule has 3 saturated heterocycles. The molecule has 0 spiro atoms. The molecule has 19 heteroatoms. The summed E-state index contributed by atoms with van der Waals surface area (Å²) in [6.07, 6.45) is -11.4. The Morgan fingerprint density at radius 3 is 1.19 bits per heavy atom. The van der Waals surface area contributed by atoms with Gasteiger partial charge >= 0.3 is 23.9 Å². The van der Waals surface area contributed by atoms with Crippen molar-refractivity contribution in [2.45, 2.75) is 178 Å². The minimum Gasteiger partial charge on any atom is -0.455 e. The number of allylic oxidation sites excluding steroid dienone is 1. The van der Waals surface area contributed by atoms with E-state index in [9.17, 15) is 24.0 Å². The third-order valence-corrected chi connectivity index (χ3v) is 22.0. The van der Waals surface area contributed by atoms with Gasteiger partial charge in [0.2, 0.25) is 0 Å². The molecule has 88 heavy (non-hydrogen) atoms. The van der Waals surface area contributed by atoms with E-state index in [-0.39, 0.29) is 86.0 Å². The van der Waals surface area contributed by atoms with Crippen molar-refractivity contribution in [3.05, 3.63) is 192 Å². The van der Waals surface area contributed by atoms with E-state index in [4.69, 9.17) is 61.3 Å². The lowest BCUT2D eigenvalue weighted by Gasteiger charge is -2.42. The highest BCUT2D eigenvalue weighted by atomic mass is 28.4. The number of ether oxygens (including phenoxy) is 12. The maximum atomic E-state index is 14.3. The molecule has 5 aromatic rings. The minimum atomic E-state index is -2.60. The van der Waals surface area contributed by atoms with Gasteiger partial charge in [0.05, 0.1) is 62.8 Å². The van der Waals surface area contributed by atoms with Gasteiger partial charge in [-0.05, 0) is 83.9 Å². The topological polar surface area (TPSA) is 205 Å². The Morgan fingerprint density at radius 1 is 0.455 bits per heavy atom. The number of rotatable bonds is 33. The van der Waals surface area contributed by atoms with Crippen LogP contribution in [0.25, 0.3) is 0 Å². The quantitative estimate of drug-likeness (QED) is 0.0126. The van der Waals surface area contributed by atoms with E-state index in [1.807, 2.05) is 60.7 Å². The van der Waals surface area contributed by atoms with E-state index in [1.54, 1.807) is 97.1 Å². The highest BCUT2D eigenvalue weighted by molar-refractivity contribution is 6.77. The summed E-state index contributed by atoms with van der Waals surface area (Å²) in [6, 6.07) is 44.3. The van der Waals surface area contributed by atoms with E-state index in [2.05, 4.69) is 48.1 Å². The van der Waals surface area contributed by atoms with E-state index < -0.39 is 106 Å². The van der Waals surface area contributed by atoms with E-state index in [1.165, 1.54) is 6.92 Å². The first-order chi connectivity index (χ1) is 42.6. The van der Waals surface area contributed by atoms with Crippen molar-refractivity contribution >= 4 is 38.0 Å². The molecule has 5 aromatic carbocycles. The van der Waals surface area contributed by atoms with Crippen molar-refractivity contribution in [2.24, 2.45) is 0 Å². The van der Waals surface area contributed by atoms with E-state index >= 15 is 0 Å². The Morgan fingerprint density at radius 2 is 0.818 bits per heavy atom. The molecule has 472 valence electrons. The summed E-state index contributed by atoms with van der Waals surface area (Å²) in [5.41, 5.74) is 2.92. The standard InChI is InChI=1S/C69H84O18Si/c1-9-10-26-39-75-67-61(85-64(72)51-31-20-13-21-32-51)58(76-40-49-27-16-11-17-28-49)54(81-67)42-78-68-62(86-65(73)52-33-22-14-23-34-52)59(77-41-50-29-18-12-19-30-50)55(82-68)43-79-69-63(87-66(74)53-35-24-15-25-36-53)60(84-57(71)38-37-48(8)70)56(83-69)44-80-88(45(2)3,46(4)5)47(6)7/h9,11-25,27-36,45-47,54-56,58-63,67-69H,1,10,26,37-44H2,2-8H3/t54-,55-,56-,58-,59-,60-,61+,62+,63+,67+,68+,69+/m1/s1. The van der Waals surface area contributed by atoms with Crippen LogP contribution >= 0.6 is 0 Å². The molecular formula is C69H84O18Si. The Kier molecular flexibility index (Phi) is 25.3. The maximum absolute atomic E-state index is 14.3. The predicted molar refractivity (Wildman–Crippen MR) is 327 cm³/mol. The second-order valence-corrected chi connectivity index (χ2v) is 28.6. The third kappa shape index (κ3) is 18.0. The first-order valence-corrected chi connectivity index (χ1v) is 32.5. The molecule has 0 N–H and O–H groups in total. The normalized spacial score (nSPS) is 24.3. The molecule has 8 rings (SSSR count). The van der Waals surface area contributed by atoms with Gasteiger partial charge in [-0.25, -0.2) is 14.4 Å². The lowest BCUT2D eigenvalue weighted by Crippen LogP contribution is -2.50. The van der Waals surface area contributed by atoms with Crippen LogP contribution in [0.3, 0.4) is 0 Å². The van der Waals surface area contributed by atoms with Gasteiger partial charge in [0.1, 0.15) is 36.3 Å². The fraction of sp³-hybridized carbons (Fsp3) is 0.464. The zero-order valence-electron chi connectivity index (χ0n) is 51.3. The van der Waals surface area contributed by atoms with Gasteiger partial charge in [-0.3, -0.25) is 4.79 Å². The van der Waals surface area contributed by atoms with Crippen LogP contribution < -0.4 is 0 Å². The van der Waals surface area contributed by atoms with Gasteiger partial charge < -0.3 is 66.1 Å². The molecule has 3 fully saturated rings. The Balaban J connectivity index is 1.13. The summed E-state index contributed by atoms with van der Waals surface area (Å²) >= 11 is 0. The van der Waals surface area contributed by atoms with Gasteiger partial charge in [0.25, 0.3) is 0 Å². The fourth-order valence-electron chi connectivity index (χ4n) is 11.7. The van der Waals surface area contributed by atoms with Gasteiger partial charge in [0.15, 0.2) is 51.6 Å². The average Bonchev–Trinajstić information content (AvgIpc) is 3.07. The highest BCUT2D eigenvalue weighted by Crippen LogP contribution is 2.44. The number of ketones is 1. The van der Waals surface area contributed by atoms with Crippen LogP contribution in [-0.4, -0.2) is 138 Å². The molecule has 0 aromatic heterocycles. The van der Waals surface area contributed by atoms with Crippen LogP contribution in [0.2, 0.25) is 16.6 Å². The predicted octanol–water partition coefficient (Wildman–Crippen LogP) is 11.5. The monoisotopic (exact) mass is 1230 g/mol. The van der Waals surface area contributed by atoms with Crippen LogP contribution in [-0.2, 0) is 84.1 Å². The molecule has 0 aliphatic carbocycles. The number of esters is 4. The number of Topliss-reactive ketones (excluding diaryl/α,β-unsaturated/α-hetero) is 1. The highest BCUT2D eigenvalue weighted by Gasteiger charge is 2.56. The summed E-state index contributed by atoms with van der Waals surface area (Å²) in [6.45, 7) is 17.8. The van der Waals surface area contributed by atoms with Crippen LogP contribution in [0.1, 0.15) is 116 Å². The number of carbonyl (C=O) groups is 5. The van der Waals surface area contributed by atoms with Gasteiger partial charge in [0, 0.05) is 6.42 Å². The van der Waals surface area contributed by atoms with Crippen LogP contribution in [0.5, 0.6) is 0 Å². The molecule has 12 atom stereocenters. The number of unbranched alkanes of at least 4 members (excludes halogenated alkanes) is 1. The number of benzene rings is 5. The molecule has 0 amide bonds. The Bertz CT molecular complexity index is 2950. The maximum Gasteiger partial charge on any atom is 0.338 e. The van der Waals surface area contributed by atoms with E-state index in [0.29, 0.717) is 18.4 Å². The number of hydrogen-bond donors (Lipinski definition) is 0. The second kappa shape index (κ2) is 33.2. The zero-order chi connectivity index (χ0) is 62.6. The molecule has 3 aliphatic rings. The molecule has 0 saturated carbocycles. The van der Waals surface area contributed by atoms with Crippen LogP contribution in [0.15, 0.2) is 164 Å². The molecule has 3 heterocycles. The summed E-state index contributed by atoms with van der Waals surface area (Å²) in [4.78, 5) is 68.3. The van der Waals surface area contributed by atoms with Crippen molar-refractivity contribution in [1.29, 1.82) is 0 Å². The smallest absolute Gasteiger partial charge is 0.338 e. The summed E-state index contributed by atoms with van der Waals surface area (Å²) in [5.74, 6) is -2.98. The second-order valence-electron chi connectivity index (χ2n) is 23.1. The SMILES string of the molecule is C=CCCCO[C@H]1O[C@H](CO[C@H]2O[C@H](CO[C@H]3O[C@H](CO[Si](C(C)C)(C(C)C)C(C)C)[C@@H](OC(=O)CCC(C)=O)[C@@H]3OC(=O)c3ccccc3)[C@@H](OCc3ccccc3)[C@@H]2OC(=O)c2ccccc2)[C@@H](OCc2ccccc2)[C@@H]1OC(=O)c1ccccc1. The average molecular weight is 1230 g/mol. The molecular weight excluding hydrogens is 1140 g/mol. The van der Waals surface area contributed by atoms with Crippen molar-refractivity contribution in [2.75, 3.05) is 26.4 Å². The van der Waals surface area contributed by atoms with Crippen LogP contribution in [0, 0.1) is 0 Å². The number of hydrogen-bond acceptors (Lipinski definition) is 18. The van der Waals surface area contributed by atoms with Gasteiger partial charge in [-0.1, -0.05) is 163 Å². The van der Waals surface area contributed by atoms with Crippen molar-refractivity contribution in [3.63, 3.8) is 0 Å². The van der Waals surface area contributed by atoms with Crippen LogP contribution in [0.4, 0.5) is 0 Å². The number of carbonyl (C=O) groups excluding carboxylic acids is 5. The summed E-state index contributed by atoms with van der Waals surface area (Å²) in [5, 5.41) is 0. The van der Waals surface area contributed by atoms with Gasteiger partial charge in [-0.2, -0.15) is 0 Å².